The quantitative estimate of drug-likeness (QED) is 0.489. The summed E-state index contributed by atoms with van der Waals surface area (Å²) < 4.78 is 38.9. The van der Waals surface area contributed by atoms with Crippen molar-refractivity contribution < 1.29 is 22.2 Å². The van der Waals surface area contributed by atoms with Crippen LogP contribution in [0.5, 0.6) is 0 Å². The minimum absolute atomic E-state index is 0.0599. The van der Waals surface area contributed by atoms with Crippen LogP contribution < -0.4 is 0 Å². The lowest BCUT2D eigenvalue weighted by Crippen LogP contribution is -2.45. The number of nitrogens with zero attached hydrogens (tertiary/aromatic N) is 3. The van der Waals surface area contributed by atoms with Gasteiger partial charge in [-0.3, -0.25) is 4.79 Å². The summed E-state index contributed by atoms with van der Waals surface area (Å²) in [4.78, 5) is 15.1. The zero-order valence-electron chi connectivity index (χ0n) is 20.2. The molecule has 0 N–H and O–H groups in total. The predicted molar refractivity (Wildman–Crippen MR) is 136 cm³/mol. The van der Waals surface area contributed by atoms with Gasteiger partial charge in [-0.05, 0) is 61.6 Å². The largest absolute Gasteiger partial charge is 0.465 e. The molecule has 0 radical (unpaired) electrons. The topological polar surface area (TPSA) is 96.9 Å². The van der Waals surface area contributed by atoms with E-state index in [1.807, 2.05) is 23.1 Å². The molecule has 3 aromatic rings. The normalized spacial score (nSPS) is 18.0. The highest BCUT2D eigenvalue weighted by Crippen LogP contribution is 2.31. The highest BCUT2D eigenvalue weighted by atomic mass is 32.2. The first-order chi connectivity index (χ1) is 17.4. The van der Waals surface area contributed by atoms with Crippen LogP contribution >= 0.6 is 0 Å². The molecular weight excluding hydrogens is 478 g/mol. The Balaban J connectivity index is 1.22. The molecule has 8 nitrogen and oxygen atoms in total. The van der Waals surface area contributed by atoms with E-state index in [4.69, 9.17) is 8.94 Å². The SMILES string of the molecule is Cc1noc(C=Cc2ccco2)c1S(=O)(=O)N1CCC(C(=O)N2CC=C(c3ccccc3)CC2)CC1. The van der Waals surface area contributed by atoms with Crippen molar-refractivity contribution in [3.63, 3.8) is 0 Å². The number of aryl methyl sites for hydroxylation is 1. The maximum atomic E-state index is 13.5. The number of furan rings is 1. The van der Waals surface area contributed by atoms with Crippen LogP contribution in [0, 0.1) is 12.8 Å². The summed E-state index contributed by atoms with van der Waals surface area (Å²) >= 11 is 0. The van der Waals surface area contributed by atoms with E-state index in [0.29, 0.717) is 37.4 Å². The number of sulfonamides is 1. The molecule has 0 atom stereocenters. The lowest BCUT2D eigenvalue weighted by Gasteiger charge is -2.34. The van der Waals surface area contributed by atoms with Crippen LogP contribution in [0.4, 0.5) is 0 Å². The Morgan fingerprint density at radius 3 is 2.50 bits per heavy atom. The van der Waals surface area contributed by atoms with Gasteiger partial charge < -0.3 is 13.8 Å². The number of aromatic nitrogens is 1. The van der Waals surface area contributed by atoms with E-state index in [1.54, 1.807) is 31.2 Å². The fourth-order valence-corrected chi connectivity index (χ4v) is 6.58. The Hall–Kier alpha value is -3.43. The van der Waals surface area contributed by atoms with Gasteiger partial charge in [0.05, 0.1) is 6.26 Å². The maximum absolute atomic E-state index is 13.5. The maximum Gasteiger partial charge on any atom is 0.248 e. The summed E-state index contributed by atoms with van der Waals surface area (Å²) in [6, 6.07) is 13.7. The summed E-state index contributed by atoms with van der Waals surface area (Å²) in [6.45, 7) is 3.45. The first-order valence-electron chi connectivity index (χ1n) is 12.1. The van der Waals surface area contributed by atoms with Gasteiger partial charge in [0.15, 0.2) is 10.7 Å². The molecular formula is C27H29N3O5S. The third-order valence-corrected chi connectivity index (χ3v) is 8.90. The Bertz CT molecular complexity index is 1370. The predicted octanol–water partition coefficient (Wildman–Crippen LogP) is 4.46. The molecule has 1 fully saturated rings. The Morgan fingerprint density at radius 2 is 1.83 bits per heavy atom. The Morgan fingerprint density at radius 1 is 1.06 bits per heavy atom. The number of hydrogen-bond acceptors (Lipinski definition) is 6. The lowest BCUT2D eigenvalue weighted by atomic mass is 9.94. The van der Waals surface area contributed by atoms with Gasteiger partial charge in [0.25, 0.3) is 0 Å². The van der Waals surface area contributed by atoms with Crippen molar-refractivity contribution in [2.45, 2.75) is 31.1 Å². The van der Waals surface area contributed by atoms with Gasteiger partial charge >= 0.3 is 0 Å². The summed E-state index contributed by atoms with van der Waals surface area (Å²) in [5.74, 6) is 0.676. The van der Waals surface area contributed by atoms with Gasteiger partial charge in [0, 0.05) is 32.1 Å². The van der Waals surface area contributed by atoms with Crippen LogP contribution in [0.2, 0.25) is 0 Å². The van der Waals surface area contributed by atoms with Gasteiger partial charge in [-0.2, -0.15) is 4.31 Å². The van der Waals surface area contributed by atoms with Crippen LogP contribution in [-0.4, -0.2) is 54.9 Å². The summed E-state index contributed by atoms with van der Waals surface area (Å²) in [5, 5.41) is 3.88. The van der Waals surface area contributed by atoms with E-state index in [-0.39, 0.29) is 35.6 Å². The molecule has 0 unspecified atom stereocenters. The summed E-state index contributed by atoms with van der Waals surface area (Å²) in [7, 11) is -3.82. The molecule has 0 saturated carbocycles. The number of carbonyl (C=O) groups is 1. The third kappa shape index (κ3) is 4.94. The monoisotopic (exact) mass is 507 g/mol. The van der Waals surface area contributed by atoms with E-state index in [9.17, 15) is 13.2 Å². The molecule has 188 valence electrons. The molecule has 2 aliphatic heterocycles. The molecule has 1 aromatic carbocycles. The molecule has 0 aliphatic carbocycles. The molecule has 4 heterocycles. The number of hydrogen-bond donors (Lipinski definition) is 0. The van der Waals surface area contributed by atoms with Crippen molar-refractivity contribution in [2.75, 3.05) is 26.2 Å². The second kappa shape index (κ2) is 10.3. The van der Waals surface area contributed by atoms with Crippen molar-refractivity contribution in [1.29, 1.82) is 0 Å². The molecule has 5 rings (SSSR count). The van der Waals surface area contributed by atoms with Gasteiger partial charge in [-0.1, -0.05) is 41.6 Å². The van der Waals surface area contributed by atoms with E-state index in [0.717, 1.165) is 6.42 Å². The molecule has 0 bridgehead atoms. The first-order valence-corrected chi connectivity index (χ1v) is 13.6. The molecule has 1 amide bonds. The molecule has 9 heteroatoms. The molecule has 1 saturated heterocycles. The van der Waals surface area contributed by atoms with Crippen LogP contribution in [0.25, 0.3) is 17.7 Å². The third-order valence-electron chi connectivity index (χ3n) is 6.84. The fourth-order valence-electron chi connectivity index (χ4n) is 4.86. The first kappa shape index (κ1) is 24.3. The lowest BCUT2D eigenvalue weighted by molar-refractivity contribution is -0.136. The standard InChI is InChI=1S/C27H29N3O5S/c1-20-26(25(35-28-20)10-9-24-8-5-19-34-24)36(32,33)30-17-13-23(14-18-30)27(31)29-15-11-22(12-16-29)21-6-3-2-4-7-21/h2-11,19,23H,12-18H2,1H3. The van der Waals surface area contributed by atoms with Crippen LogP contribution in [-0.2, 0) is 14.8 Å². The van der Waals surface area contributed by atoms with Crippen molar-refractivity contribution in [3.8, 4) is 0 Å². The van der Waals surface area contributed by atoms with Crippen molar-refractivity contribution in [1.82, 2.24) is 14.4 Å². The van der Waals surface area contributed by atoms with Gasteiger partial charge in [-0.25, -0.2) is 8.42 Å². The molecule has 0 spiro atoms. The molecule has 2 aromatic heterocycles. The zero-order chi connectivity index (χ0) is 25.1. The highest BCUT2D eigenvalue weighted by molar-refractivity contribution is 7.89. The Labute approximate surface area is 210 Å². The fraction of sp³-hybridized carbons (Fsp3) is 0.333. The number of rotatable bonds is 6. The minimum Gasteiger partial charge on any atom is -0.465 e. The van der Waals surface area contributed by atoms with E-state index in [1.165, 1.54) is 21.7 Å². The molecule has 36 heavy (non-hydrogen) atoms. The van der Waals surface area contributed by atoms with Gasteiger partial charge in [0.1, 0.15) is 11.5 Å². The van der Waals surface area contributed by atoms with E-state index >= 15 is 0 Å². The van der Waals surface area contributed by atoms with Crippen LogP contribution in [0.3, 0.4) is 0 Å². The number of benzene rings is 1. The van der Waals surface area contributed by atoms with E-state index in [2.05, 4.69) is 23.4 Å². The summed E-state index contributed by atoms with van der Waals surface area (Å²) in [5.41, 5.74) is 2.77. The average Bonchev–Trinajstić information content (AvgIpc) is 3.57. The van der Waals surface area contributed by atoms with Gasteiger partial charge in [0.2, 0.25) is 15.9 Å². The van der Waals surface area contributed by atoms with Crippen LogP contribution in [0.1, 0.15) is 42.0 Å². The van der Waals surface area contributed by atoms with Crippen LogP contribution in [0.15, 0.2) is 68.6 Å². The minimum atomic E-state index is -3.82. The second-order valence-electron chi connectivity index (χ2n) is 9.12. The average molecular weight is 508 g/mol. The molecule has 2 aliphatic rings. The van der Waals surface area contributed by atoms with Crippen molar-refractivity contribution in [3.05, 3.63) is 77.6 Å². The highest BCUT2D eigenvalue weighted by Gasteiger charge is 2.37. The second-order valence-corrected chi connectivity index (χ2v) is 11.0. The van der Waals surface area contributed by atoms with Crippen molar-refractivity contribution in [2.24, 2.45) is 5.92 Å². The number of piperidine rings is 1. The van der Waals surface area contributed by atoms with E-state index < -0.39 is 10.0 Å². The summed E-state index contributed by atoms with van der Waals surface area (Å²) in [6.07, 6.45) is 8.66. The number of carbonyl (C=O) groups excluding carboxylic acids is 1. The smallest absolute Gasteiger partial charge is 0.248 e. The van der Waals surface area contributed by atoms with Crippen molar-refractivity contribution >= 4 is 33.7 Å². The Kier molecular flexibility index (Phi) is 6.93. The van der Waals surface area contributed by atoms with Gasteiger partial charge in [-0.15, -0.1) is 0 Å². The number of amides is 1. The zero-order valence-corrected chi connectivity index (χ0v) is 21.0.